The molecule has 2 atom stereocenters. The zero-order valence-corrected chi connectivity index (χ0v) is 38.5. The predicted molar refractivity (Wildman–Crippen MR) is 253 cm³/mol. The molecule has 68 heavy (non-hydrogen) atoms. The van der Waals surface area contributed by atoms with Crippen molar-refractivity contribution in [3.05, 3.63) is 77.1 Å². The van der Waals surface area contributed by atoms with Crippen LogP contribution in [-0.2, 0) is 14.4 Å². The molecule has 4 saturated heterocycles. The highest BCUT2D eigenvalue weighted by molar-refractivity contribution is 6.23. The number of allylic oxidation sites excluding steroid dienone is 1. The lowest BCUT2D eigenvalue weighted by Crippen LogP contribution is -2.54. The van der Waals surface area contributed by atoms with Crippen molar-refractivity contribution in [3.63, 3.8) is 0 Å². The zero-order valence-electron chi connectivity index (χ0n) is 38.5. The molecule has 20 nitrogen and oxygen atoms in total. The van der Waals surface area contributed by atoms with Gasteiger partial charge in [0.2, 0.25) is 17.8 Å². The molecule has 20 heteroatoms. The fourth-order valence-electron chi connectivity index (χ4n) is 11.2. The maximum atomic E-state index is 13.7. The molecule has 0 radical (unpaired) electrons. The SMILES string of the molecule is CC1=C(C(=O)Nc2ccc3[nH]nc(-c4ccnc(N5CCN(CC6CCN(C7CCN(c8ccc9c(c8)C(=O)N(C8CCC(=O)NC8=O)C9=O)CC7)CC6)CC5)c4)c3c2)C(C)n2nnnc2N1C. The smallest absolute Gasteiger partial charge is 0.262 e. The van der Waals surface area contributed by atoms with Crippen LogP contribution < -0.4 is 25.3 Å². The Labute approximate surface area is 392 Å². The van der Waals surface area contributed by atoms with Crippen molar-refractivity contribution < 1.29 is 24.0 Å². The molecule has 352 valence electrons. The van der Waals surface area contributed by atoms with Crippen LogP contribution in [0.3, 0.4) is 0 Å². The van der Waals surface area contributed by atoms with Gasteiger partial charge in [0.25, 0.3) is 17.7 Å². The van der Waals surface area contributed by atoms with Crippen molar-refractivity contribution in [3.8, 4) is 11.3 Å². The Balaban J connectivity index is 0.649. The number of aromatic amines is 1. The number of fused-ring (bicyclic) bond motifs is 3. The molecule has 5 aromatic rings. The number of hydrogen-bond acceptors (Lipinski definition) is 15. The van der Waals surface area contributed by atoms with Crippen molar-refractivity contribution in [1.82, 2.24) is 55.4 Å². The Hall–Kier alpha value is -7.06. The fraction of sp³-hybridized carbons (Fsp3) is 0.458. The van der Waals surface area contributed by atoms with Crippen LogP contribution in [0.1, 0.15) is 79.1 Å². The number of anilines is 4. The first-order chi connectivity index (χ1) is 33.0. The number of carbonyl (C=O) groups excluding carboxylic acids is 5. The van der Waals surface area contributed by atoms with Crippen molar-refractivity contribution in [2.24, 2.45) is 5.92 Å². The number of likely N-dealkylation sites (tertiary alicyclic amines) is 1. The highest BCUT2D eigenvalue weighted by Crippen LogP contribution is 2.36. The number of nitrogens with one attached hydrogen (secondary N) is 3. The molecule has 2 aromatic carbocycles. The molecule has 6 aliphatic rings. The molecule has 0 spiro atoms. The number of hydrogen-bond donors (Lipinski definition) is 3. The van der Waals surface area contributed by atoms with Crippen LogP contribution in [-0.4, -0.2) is 158 Å². The summed E-state index contributed by atoms with van der Waals surface area (Å²) in [6.07, 6.45) is 6.53. The molecule has 0 aliphatic carbocycles. The topological polar surface area (TPSA) is 214 Å². The van der Waals surface area contributed by atoms with E-state index in [1.807, 2.05) is 62.3 Å². The number of carbonyl (C=O) groups is 5. The third-order valence-corrected chi connectivity index (χ3v) is 15.2. The molecule has 6 aliphatic heterocycles. The van der Waals surface area contributed by atoms with E-state index in [0.717, 1.165) is 116 Å². The number of tetrazole rings is 1. The average Bonchev–Trinajstić information content (AvgIpc) is 4.08. The van der Waals surface area contributed by atoms with E-state index in [9.17, 15) is 24.0 Å². The van der Waals surface area contributed by atoms with E-state index in [1.54, 1.807) is 16.8 Å². The van der Waals surface area contributed by atoms with Gasteiger partial charge in [-0.1, -0.05) is 5.10 Å². The zero-order chi connectivity index (χ0) is 46.8. The van der Waals surface area contributed by atoms with E-state index in [4.69, 9.17) is 10.1 Å². The largest absolute Gasteiger partial charge is 0.371 e. The second-order valence-electron chi connectivity index (χ2n) is 19.0. The lowest BCUT2D eigenvalue weighted by Gasteiger charge is -2.43. The van der Waals surface area contributed by atoms with Crippen molar-refractivity contribution in [2.45, 2.75) is 70.5 Å². The molecular formula is C48H55N15O5. The summed E-state index contributed by atoms with van der Waals surface area (Å²) in [6, 6.07) is 14.5. The molecule has 3 aromatic heterocycles. The Morgan fingerprint density at radius 2 is 1.62 bits per heavy atom. The summed E-state index contributed by atoms with van der Waals surface area (Å²) in [7, 11) is 1.85. The van der Waals surface area contributed by atoms with Gasteiger partial charge in [0.1, 0.15) is 17.6 Å². The molecule has 9 heterocycles. The van der Waals surface area contributed by atoms with Gasteiger partial charge in [-0.05, 0) is 124 Å². The number of nitrogens with zero attached hydrogens (tertiary/aromatic N) is 12. The van der Waals surface area contributed by atoms with E-state index in [1.165, 1.54) is 12.8 Å². The molecule has 11 rings (SSSR count). The Morgan fingerprint density at radius 3 is 2.40 bits per heavy atom. The number of piperidine rings is 3. The van der Waals surface area contributed by atoms with Gasteiger partial charge in [-0.25, -0.2) is 9.67 Å². The Kier molecular flexibility index (Phi) is 11.2. The average molecular weight is 922 g/mol. The van der Waals surface area contributed by atoms with Gasteiger partial charge in [-0.15, -0.1) is 0 Å². The lowest BCUT2D eigenvalue weighted by molar-refractivity contribution is -0.136. The van der Waals surface area contributed by atoms with Crippen LogP contribution in [0.4, 0.5) is 23.1 Å². The van der Waals surface area contributed by atoms with Crippen LogP contribution in [0, 0.1) is 5.92 Å². The van der Waals surface area contributed by atoms with Crippen LogP contribution in [0.25, 0.3) is 22.2 Å². The molecule has 2 unspecified atom stereocenters. The Morgan fingerprint density at radius 1 is 0.838 bits per heavy atom. The second-order valence-corrected chi connectivity index (χ2v) is 19.0. The van der Waals surface area contributed by atoms with Gasteiger partial charge in [-0.2, -0.15) is 5.10 Å². The predicted octanol–water partition coefficient (Wildman–Crippen LogP) is 3.44. The van der Waals surface area contributed by atoms with Crippen LogP contribution in [0.5, 0.6) is 0 Å². The standard InChI is InChI=1S/C48H55N15O5/c1-28-42(29(2)63-48(57(28)3)54-55-56-63)45(66)50-32-4-7-38-37(25-32)43(53-52-38)31-10-15-49-40(24-31)61-22-20-58(21-23-61)27-30-11-16-59(17-12-30)33-13-18-60(19-14-33)34-5-6-35-36(26-34)47(68)62(46(35)67)39-8-9-41(64)51-44(39)65/h4-7,10,15,24-26,29-30,33,39H,8-9,11-14,16-23,27H2,1-3H3,(H,50,66)(H,52,53)(H,51,64,65). The maximum Gasteiger partial charge on any atom is 0.262 e. The number of rotatable bonds is 9. The molecule has 3 N–H and O–H groups in total. The van der Waals surface area contributed by atoms with E-state index in [0.29, 0.717) is 40.3 Å². The molecule has 5 amide bonds. The fourth-order valence-corrected chi connectivity index (χ4v) is 11.2. The number of benzene rings is 2. The van der Waals surface area contributed by atoms with E-state index in [-0.39, 0.29) is 30.7 Å². The number of amides is 5. The van der Waals surface area contributed by atoms with Gasteiger partial charge in [0.05, 0.1) is 28.3 Å². The quantitative estimate of drug-likeness (QED) is 0.181. The van der Waals surface area contributed by atoms with Gasteiger partial charge in [-0.3, -0.25) is 44.2 Å². The summed E-state index contributed by atoms with van der Waals surface area (Å²) in [5.74, 6) is 0.0496. The number of pyridine rings is 1. The first-order valence-electron chi connectivity index (χ1n) is 23.8. The summed E-state index contributed by atoms with van der Waals surface area (Å²) in [4.78, 5) is 82.1. The van der Waals surface area contributed by atoms with Crippen molar-refractivity contribution >= 4 is 63.6 Å². The summed E-state index contributed by atoms with van der Waals surface area (Å²) >= 11 is 0. The first-order valence-corrected chi connectivity index (χ1v) is 23.8. The molecule has 0 bridgehead atoms. The molecule has 0 saturated carbocycles. The highest BCUT2D eigenvalue weighted by atomic mass is 16.2. The van der Waals surface area contributed by atoms with Crippen LogP contribution in [0.2, 0.25) is 0 Å². The van der Waals surface area contributed by atoms with E-state index in [2.05, 4.69) is 56.9 Å². The van der Waals surface area contributed by atoms with Gasteiger partial charge in [0, 0.05) is 99.5 Å². The number of aromatic nitrogens is 7. The normalized spacial score (nSPS) is 22.3. The van der Waals surface area contributed by atoms with E-state index < -0.39 is 23.8 Å². The first kappa shape index (κ1) is 43.5. The third-order valence-electron chi connectivity index (χ3n) is 15.2. The minimum atomic E-state index is -0.966. The maximum absolute atomic E-state index is 13.7. The van der Waals surface area contributed by atoms with E-state index >= 15 is 0 Å². The highest BCUT2D eigenvalue weighted by Gasteiger charge is 2.45. The van der Waals surface area contributed by atoms with Crippen molar-refractivity contribution in [2.75, 3.05) is 86.0 Å². The van der Waals surface area contributed by atoms with Crippen LogP contribution in [0.15, 0.2) is 66.0 Å². The van der Waals surface area contributed by atoms with Crippen LogP contribution >= 0.6 is 0 Å². The molecular weight excluding hydrogens is 867 g/mol. The number of H-pyrrole nitrogens is 1. The summed E-state index contributed by atoms with van der Waals surface area (Å²) < 4.78 is 1.65. The minimum absolute atomic E-state index is 0.0980. The monoisotopic (exact) mass is 921 g/mol. The second kappa shape index (κ2) is 17.5. The van der Waals surface area contributed by atoms with Gasteiger partial charge < -0.3 is 24.9 Å². The van der Waals surface area contributed by atoms with Gasteiger partial charge in [0.15, 0.2) is 0 Å². The molecule has 4 fully saturated rings. The third kappa shape index (κ3) is 7.83. The summed E-state index contributed by atoms with van der Waals surface area (Å²) in [6.45, 7) is 12.6. The number of piperazine rings is 1. The summed E-state index contributed by atoms with van der Waals surface area (Å²) in [5.41, 5.74) is 6.22. The summed E-state index contributed by atoms with van der Waals surface area (Å²) in [5, 5.41) is 26.1. The Bertz CT molecular complexity index is 2870. The minimum Gasteiger partial charge on any atom is -0.371 e. The van der Waals surface area contributed by atoms with Crippen molar-refractivity contribution in [1.29, 1.82) is 0 Å². The number of imide groups is 2. The lowest BCUT2D eigenvalue weighted by atomic mass is 9.92. The van der Waals surface area contributed by atoms with Gasteiger partial charge >= 0.3 is 0 Å².